The molecule has 0 aliphatic carbocycles. The van der Waals surface area contributed by atoms with Gasteiger partial charge in [-0.2, -0.15) is 0 Å². The van der Waals surface area contributed by atoms with Crippen molar-refractivity contribution in [1.29, 1.82) is 0 Å². The van der Waals surface area contributed by atoms with Gasteiger partial charge in [-0.05, 0) is 55.3 Å². The summed E-state index contributed by atoms with van der Waals surface area (Å²) in [6, 6.07) is 16.1. The molecule has 0 unspecified atom stereocenters. The lowest BCUT2D eigenvalue weighted by Crippen LogP contribution is -2.04. The van der Waals surface area contributed by atoms with Crippen molar-refractivity contribution in [2.75, 3.05) is 12.4 Å². The van der Waals surface area contributed by atoms with Gasteiger partial charge in [-0.25, -0.2) is 9.97 Å². The van der Waals surface area contributed by atoms with E-state index in [4.69, 9.17) is 9.15 Å². The van der Waals surface area contributed by atoms with Gasteiger partial charge in [0.05, 0.1) is 19.1 Å². The van der Waals surface area contributed by atoms with Gasteiger partial charge in [0.1, 0.15) is 23.0 Å². The van der Waals surface area contributed by atoms with Crippen molar-refractivity contribution >= 4 is 16.8 Å². The number of rotatable bonds is 5. The van der Waals surface area contributed by atoms with Gasteiger partial charge in [0.25, 0.3) is 0 Å². The summed E-state index contributed by atoms with van der Waals surface area (Å²) >= 11 is 0. The SMILES string of the molecule is COc1cccc(CNc2cc(-c3ccc4occ(C)c4c3)nc(C)n2)c1. The summed E-state index contributed by atoms with van der Waals surface area (Å²) in [4.78, 5) is 9.12. The number of methoxy groups -OCH3 is 1. The molecule has 0 spiro atoms. The Labute approximate surface area is 158 Å². The fraction of sp³-hybridized carbons (Fsp3) is 0.182. The van der Waals surface area contributed by atoms with Crippen LogP contribution >= 0.6 is 0 Å². The lowest BCUT2D eigenvalue weighted by Gasteiger charge is -2.10. The van der Waals surface area contributed by atoms with Crippen molar-refractivity contribution in [3.05, 3.63) is 71.7 Å². The van der Waals surface area contributed by atoms with Crippen LogP contribution in [0.15, 0.2) is 59.2 Å². The normalized spacial score (nSPS) is 10.9. The first kappa shape index (κ1) is 17.1. The molecule has 136 valence electrons. The molecule has 0 bridgehead atoms. The lowest BCUT2D eigenvalue weighted by atomic mass is 10.1. The minimum Gasteiger partial charge on any atom is -0.497 e. The fourth-order valence-corrected chi connectivity index (χ4v) is 3.10. The predicted molar refractivity (Wildman–Crippen MR) is 107 cm³/mol. The third-order valence-corrected chi connectivity index (χ3v) is 4.51. The van der Waals surface area contributed by atoms with Crippen LogP contribution in [-0.2, 0) is 6.54 Å². The molecule has 2 aromatic carbocycles. The number of hydrogen-bond acceptors (Lipinski definition) is 5. The molecule has 2 heterocycles. The van der Waals surface area contributed by atoms with Gasteiger partial charge in [0.2, 0.25) is 0 Å². The average Bonchev–Trinajstić information content (AvgIpc) is 3.06. The highest BCUT2D eigenvalue weighted by Crippen LogP contribution is 2.27. The van der Waals surface area contributed by atoms with E-state index in [1.807, 2.05) is 50.2 Å². The van der Waals surface area contributed by atoms with Crippen LogP contribution in [0.4, 0.5) is 5.82 Å². The van der Waals surface area contributed by atoms with Crippen LogP contribution in [0.3, 0.4) is 0 Å². The van der Waals surface area contributed by atoms with Gasteiger partial charge in [0.15, 0.2) is 0 Å². The molecule has 0 saturated carbocycles. The van der Waals surface area contributed by atoms with Gasteiger partial charge in [0, 0.05) is 23.6 Å². The first-order valence-corrected chi connectivity index (χ1v) is 8.83. The summed E-state index contributed by atoms with van der Waals surface area (Å²) < 4.78 is 10.8. The molecule has 2 aromatic heterocycles. The quantitative estimate of drug-likeness (QED) is 0.535. The summed E-state index contributed by atoms with van der Waals surface area (Å²) in [5.41, 5.74) is 5.06. The maximum absolute atomic E-state index is 5.54. The third-order valence-electron chi connectivity index (χ3n) is 4.51. The average molecular weight is 359 g/mol. The van der Waals surface area contributed by atoms with Crippen LogP contribution in [-0.4, -0.2) is 17.1 Å². The minimum absolute atomic E-state index is 0.660. The topological polar surface area (TPSA) is 60.2 Å². The Morgan fingerprint density at radius 1 is 1.04 bits per heavy atom. The van der Waals surface area contributed by atoms with Crippen molar-refractivity contribution in [3.63, 3.8) is 0 Å². The lowest BCUT2D eigenvalue weighted by molar-refractivity contribution is 0.414. The molecule has 1 N–H and O–H groups in total. The first-order chi connectivity index (χ1) is 13.1. The van der Waals surface area contributed by atoms with Crippen molar-refractivity contribution in [3.8, 4) is 17.0 Å². The number of fused-ring (bicyclic) bond motifs is 1. The van der Waals surface area contributed by atoms with Crippen molar-refractivity contribution in [2.24, 2.45) is 0 Å². The number of aryl methyl sites for hydroxylation is 2. The largest absolute Gasteiger partial charge is 0.497 e. The number of nitrogens with zero attached hydrogens (tertiary/aromatic N) is 2. The minimum atomic E-state index is 0.660. The van der Waals surface area contributed by atoms with E-state index in [9.17, 15) is 0 Å². The van der Waals surface area contributed by atoms with Gasteiger partial charge in [-0.15, -0.1) is 0 Å². The Morgan fingerprint density at radius 2 is 1.93 bits per heavy atom. The zero-order valence-electron chi connectivity index (χ0n) is 15.6. The Balaban J connectivity index is 1.61. The smallest absolute Gasteiger partial charge is 0.134 e. The molecule has 27 heavy (non-hydrogen) atoms. The van der Waals surface area contributed by atoms with E-state index in [1.54, 1.807) is 13.4 Å². The van der Waals surface area contributed by atoms with Crippen molar-refractivity contribution in [2.45, 2.75) is 20.4 Å². The Morgan fingerprint density at radius 3 is 2.78 bits per heavy atom. The van der Waals surface area contributed by atoms with Gasteiger partial charge < -0.3 is 14.5 Å². The summed E-state index contributed by atoms with van der Waals surface area (Å²) in [6.07, 6.45) is 1.78. The van der Waals surface area contributed by atoms with E-state index in [0.717, 1.165) is 50.7 Å². The molecule has 0 radical (unpaired) electrons. The predicted octanol–water partition coefficient (Wildman–Crippen LogP) is 5.13. The Hall–Kier alpha value is -3.34. The molecular weight excluding hydrogens is 338 g/mol. The second-order valence-electron chi connectivity index (χ2n) is 6.52. The fourth-order valence-electron chi connectivity index (χ4n) is 3.10. The molecule has 4 aromatic rings. The van der Waals surface area contributed by atoms with E-state index in [0.29, 0.717) is 6.54 Å². The molecule has 0 amide bonds. The number of hydrogen-bond donors (Lipinski definition) is 1. The summed E-state index contributed by atoms with van der Waals surface area (Å²) in [7, 11) is 1.67. The summed E-state index contributed by atoms with van der Waals surface area (Å²) in [5, 5.41) is 4.49. The second kappa shape index (κ2) is 7.11. The Kier molecular flexibility index (Phi) is 4.50. The molecule has 0 fully saturated rings. The van der Waals surface area contributed by atoms with Gasteiger partial charge in [-0.3, -0.25) is 0 Å². The zero-order chi connectivity index (χ0) is 18.8. The maximum Gasteiger partial charge on any atom is 0.134 e. The van der Waals surface area contributed by atoms with Crippen LogP contribution in [0.25, 0.3) is 22.2 Å². The van der Waals surface area contributed by atoms with E-state index in [1.165, 1.54) is 0 Å². The molecular formula is C22H21N3O2. The standard InChI is InChI=1S/C22H21N3O2/c1-14-13-27-21-8-7-17(10-19(14)21)20-11-22(25-15(2)24-20)23-12-16-5-4-6-18(9-16)26-3/h4-11,13H,12H2,1-3H3,(H,23,24,25). The van der Waals surface area contributed by atoms with Gasteiger partial charge >= 0.3 is 0 Å². The van der Waals surface area contributed by atoms with E-state index < -0.39 is 0 Å². The van der Waals surface area contributed by atoms with Crippen LogP contribution in [0.2, 0.25) is 0 Å². The number of ether oxygens (including phenoxy) is 1. The number of anilines is 1. The number of benzene rings is 2. The molecule has 5 nitrogen and oxygen atoms in total. The zero-order valence-corrected chi connectivity index (χ0v) is 15.6. The highest BCUT2D eigenvalue weighted by Gasteiger charge is 2.08. The van der Waals surface area contributed by atoms with Crippen LogP contribution < -0.4 is 10.1 Å². The molecule has 4 rings (SSSR count). The van der Waals surface area contributed by atoms with Crippen molar-refractivity contribution < 1.29 is 9.15 Å². The second-order valence-corrected chi connectivity index (χ2v) is 6.52. The summed E-state index contributed by atoms with van der Waals surface area (Å²) in [5.74, 6) is 2.37. The van der Waals surface area contributed by atoms with E-state index in [2.05, 4.69) is 27.4 Å². The highest BCUT2D eigenvalue weighted by atomic mass is 16.5. The Bertz CT molecular complexity index is 1100. The molecule has 0 aliphatic heterocycles. The van der Waals surface area contributed by atoms with Crippen LogP contribution in [0.1, 0.15) is 17.0 Å². The number of aromatic nitrogens is 2. The number of furan rings is 1. The third kappa shape index (κ3) is 3.62. The molecule has 5 heteroatoms. The van der Waals surface area contributed by atoms with E-state index in [-0.39, 0.29) is 0 Å². The van der Waals surface area contributed by atoms with Crippen LogP contribution in [0.5, 0.6) is 5.75 Å². The molecule has 0 saturated heterocycles. The maximum atomic E-state index is 5.54. The highest BCUT2D eigenvalue weighted by molar-refractivity contribution is 5.85. The monoisotopic (exact) mass is 359 g/mol. The molecule has 0 atom stereocenters. The van der Waals surface area contributed by atoms with E-state index >= 15 is 0 Å². The number of nitrogens with one attached hydrogen (secondary N) is 1. The summed E-state index contributed by atoms with van der Waals surface area (Å²) in [6.45, 7) is 4.61. The van der Waals surface area contributed by atoms with Crippen LogP contribution in [0, 0.1) is 13.8 Å². The van der Waals surface area contributed by atoms with Crippen molar-refractivity contribution in [1.82, 2.24) is 9.97 Å². The first-order valence-electron chi connectivity index (χ1n) is 8.83. The van der Waals surface area contributed by atoms with Gasteiger partial charge in [-0.1, -0.05) is 12.1 Å². The molecule has 0 aliphatic rings.